The van der Waals surface area contributed by atoms with Crippen LogP contribution in [0.4, 0.5) is 0 Å². The Bertz CT molecular complexity index is 543. The van der Waals surface area contributed by atoms with Crippen LogP contribution in [0.2, 0.25) is 0 Å². The smallest absolute Gasteiger partial charge is 0.0295 e. The summed E-state index contributed by atoms with van der Waals surface area (Å²) in [6.45, 7) is 9.26. The fourth-order valence-corrected chi connectivity index (χ4v) is 2.11. The van der Waals surface area contributed by atoms with Gasteiger partial charge in [-0.3, -0.25) is 0 Å². The number of rotatable bonds is 5. The molecule has 19 heavy (non-hydrogen) atoms. The minimum absolute atomic E-state index is 0.334. The zero-order valence-corrected chi connectivity index (χ0v) is 11.7. The molecule has 1 N–H and O–H groups in total. The van der Waals surface area contributed by atoms with E-state index in [1.54, 1.807) is 0 Å². The zero-order chi connectivity index (χ0) is 13.7. The van der Waals surface area contributed by atoms with E-state index in [4.69, 9.17) is 0 Å². The summed E-state index contributed by atoms with van der Waals surface area (Å²) in [5, 5.41) is 3.52. The van der Waals surface area contributed by atoms with Gasteiger partial charge in [0.2, 0.25) is 0 Å². The van der Waals surface area contributed by atoms with Crippen molar-refractivity contribution in [2.45, 2.75) is 19.9 Å². The van der Waals surface area contributed by atoms with Crippen molar-refractivity contribution >= 4 is 5.57 Å². The molecule has 0 bridgehead atoms. The molecule has 2 rings (SSSR count). The van der Waals surface area contributed by atoms with Gasteiger partial charge < -0.3 is 5.32 Å². The van der Waals surface area contributed by atoms with Crippen molar-refractivity contribution < 1.29 is 0 Å². The third-order valence-corrected chi connectivity index (χ3v) is 3.35. The summed E-state index contributed by atoms with van der Waals surface area (Å²) in [4.78, 5) is 0. The number of benzene rings is 2. The zero-order valence-electron chi connectivity index (χ0n) is 11.7. The average Bonchev–Trinajstić information content (AvgIpc) is 2.45. The summed E-state index contributed by atoms with van der Waals surface area (Å²) < 4.78 is 0. The second kappa shape index (κ2) is 6.35. The Kier molecular flexibility index (Phi) is 4.53. The monoisotopic (exact) mass is 251 g/mol. The molecule has 2 aromatic carbocycles. The Morgan fingerprint density at radius 3 is 2.53 bits per heavy atom. The van der Waals surface area contributed by atoms with Crippen molar-refractivity contribution in [1.29, 1.82) is 0 Å². The van der Waals surface area contributed by atoms with Gasteiger partial charge in [0, 0.05) is 12.6 Å². The SMILES string of the molecule is C=C(CN[C@@H](C)c1cccc(C)c1)c1ccccc1. The van der Waals surface area contributed by atoms with Gasteiger partial charge in [-0.1, -0.05) is 66.7 Å². The highest BCUT2D eigenvalue weighted by molar-refractivity contribution is 5.64. The molecule has 0 radical (unpaired) electrons. The number of nitrogens with one attached hydrogen (secondary N) is 1. The van der Waals surface area contributed by atoms with Gasteiger partial charge in [0.05, 0.1) is 0 Å². The first-order valence-electron chi connectivity index (χ1n) is 6.70. The maximum Gasteiger partial charge on any atom is 0.0295 e. The van der Waals surface area contributed by atoms with Crippen molar-refractivity contribution in [3.63, 3.8) is 0 Å². The van der Waals surface area contributed by atoms with Crippen molar-refractivity contribution in [2.75, 3.05) is 6.54 Å². The summed E-state index contributed by atoms with van der Waals surface area (Å²) in [7, 11) is 0. The highest BCUT2D eigenvalue weighted by atomic mass is 14.9. The van der Waals surface area contributed by atoms with Crippen LogP contribution in [-0.4, -0.2) is 6.54 Å². The minimum atomic E-state index is 0.334. The van der Waals surface area contributed by atoms with Crippen molar-refractivity contribution in [1.82, 2.24) is 5.32 Å². The summed E-state index contributed by atoms with van der Waals surface area (Å²) in [5.41, 5.74) is 4.94. The van der Waals surface area contributed by atoms with Crippen LogP contribution in [0.1, 0.15) is 29.7 Å². The quantitative estimate of drug-likeness (QED) is 0.832. The lowest BCUT2D eigenvalue weighted by Crippen LogP contribution is -2.20. The predicted octanol–water partition coefficient (Wildman–Crippen LogP) is 4.36. The molecule has 0 saturated heterocycles. The van der Waals surface area contributed by atoms with Crippen molar-refractivity contribution in [2.24, 2.45) is 0 Å². The fraction of sp³-hybridized carbons (Fsp3) is 0.222. The summed E-state index contributed by atoms with van der Waals surface area (Å²) in [6, 6.07) is 19.3. The van der Waals surface area contributed by atoms with E-state index in [1.807, 2.05) is 18.2 Å². The molecule has 0 heterocycles. The Labute approximate surface area is 116 Å². The summed E-state index contributed by atoms with van der Waals surface area (Å²) >= 11 is 0. The van der Waals surface area contributed by atoms with Gasteiger partial charge in [-0.2, -0.15) is 0 Å². The second-order valence-corrected chi connectivity index (χ2v) is 4.99. The number of hydrogen-bond acceptors (Lipinski definition) is 1. The van der Waals surface area contributed by atoms with Crippen LogP contribution >= 0.6 is 0 Å². The molecule has 0 unspecified atom stereocenters. The van der Waals surface area contributed by atoms with E-state index in [1.165, 1.54) is 16.7 Å². The van der Waals surface area contributed by atoms with Crippen molar-refractivity contribution in [3.05, 3.63) is 77.9 Å². The van der Waals surface area contributed by atoms with Crippen molar-refractivity contribution in [3.8, 4) is 0 Å². The van der Waals surface area contributed by atoms with E-state index in [0.29, 0.717) is 6.04 Å². The Morgan fingerprint density at radius 2 is 1.84 bits per heavy atom. The summed E-state index contributed by atoms with van der Waals surface area (Å²) in [5.74, 6) is 0. The number of aryl methyl sites for hydroxylation is 1. The van der Waals surface area contributed by atoms with E-state index in [2.05, 4.69) is 62.1 Å². The Hall–Kier alpha value is -1.86. The van der Waals surface area contributed by atoms with E-state index >= 15 is 0 Å². The molecule has 0 fully saturated rings. The lowest BCUT2D eigenvalue weighted by atomic mass is 10.0. The normalized spacial score (nSPS) is 12.1. The first kappa shape index (κ1) is 13.6. The molecular weight excluding hydrogens is 230 g/mol. The van der Waals surface area contributed by atoms with Gasteiger partial charge in [0.1, 0.15) is 0 Å². The van der Waals surface area contributed by atoms with E-state index in [9.17, 15) is 0 Å². The molecular formula is C18H21N. The third-order valence-electron chi connectivity index (χ3n) is 3.35. The van der Waals surface area contributed by atoms with Gasteiger partial charge in [-0.25, -0.2) is 0 Å². The van der Waals surface area contributed by atoms with Crippen LogP contribution in [0.15, 0.2) is 61.2 Å². The molecule has 0 aliphatic carbocycles. The van der Waals surface area contributed by atoms with Gasteiger partial charge in [0.25, 0.3) is 0 Å². The molecule has 0 spiro atoms. The molecule has 2 aromatic rings. The van der Waals surface area contributed by atoms with Gasteiger partial charge in [-0.15, -0.1) is 0 Å². The molecule has 98 valence electrons. The lowest BCUT2D eigenvalue weighted by Gasteiger charge is -2.16. The van der Waals surface area contributed by atoms with Crippen LogP contribution < -0.4 is 5.32 Å². The van der Waals surface area contributed by atoms with Crippen LogP contribution in [0, 0.1) is 6.92 Å². The maximum absolute atomic E-state index is 4.15. The van der Waals surface area contributed by atoms with Crippen LogP contribution in [-0.2, 0) is 0 Å². The first-order valence-corrected chi connectivity index (χ1v) is 6.70. The van der Waals surface area contributed by atoms with E-state index in [0.717, 1.165) is 12.1 Å². The Balaban J connectivity index is 1.94. The molecule has 1 heteroatoms. The predicted molar refractivity (Wildman–Crippen MR) is 83.1 cm³/mol. The summed E-state index contributed by atoms with van der Waals surface area (Å²) in [6.07, 6.45) is 0. The highest BCUT2D eigenvalue weighted by Crippen LogP contribution is 2.16. The maximum atomic E-state index is 4.15. The second-order valence-electron chi connectivity index (χ2n) is 4.99. The van der Waals surface area contributed by atoms with E-state index < -0.39 is 0 Å². The van der Waals surface area contributed by atoms with Gasteiger partial charge >= 0.3 is 0 Å². The average molecular weight is 251 g/mol. The van der Waals surface area contributed by atoms with E-state index in [-0.39, 0.29) is 0 Å². The molecule has 0 aliphatic heterocycles. The topological polar surface area (TPSA) is 12.0 Å². The third kappa shape index (κ3) is 3.80. The highest BCUT2D eigenvalue weighted by Gasteiger charge is 2.05. The molecule has 0 aromatic heterocycles. The molecule has 1 nitrogen and oxygen atoms in total. The minimum Gasteiger partial charge on any atom is -0.306 e. The number of hydrogen-bond donors (Lipinski definition) is 1. The molecule has 1 atom stereocenters. The molecule has 0 saturated carbocycles. The lowest BCUT2D eigenvalue weighted by molar-refractivity contribution is 0.622. The fourth-order valence-electron chi connectivity index (χ4n) is 2.11. The molecule has 0 aliphatic rings. The van der Waals surface area contributed by atoms with Crippen LogP contribution in [0.3, 0.4) is 0 Å². The van der Waals surface area contributed by atoms with Gasteiger partial charge in [-0.05, 0) is 30.5 Å². The van der Waals surface area contributed by atoms with Crippen LogP contribution in [0.25, 0.3) is 5.57 Å². The van der Waals surface area contributed by atoms with Crippen LogP contribution in [0.5, 0.6) is 0 Å². The first-order chi connectivity index (χ1) is 9.16. The van der Waals surface area contributed by atoms with Gasteiger partial charge in [0.15, 0.2) is 0 Å². The molecule has 0 amide bonds. The Morgan fingerprint density at radius 1 is 1.11 bits per heavy atom. The standard InChI is InChI=1S/C18H21N/c1-14-8-7-11-18(12-14)16(3)19-13-15(2)17-9-5-4-6-10-17/h4-12,16,19H,2,13H2,1,3H3/t16-/m0/s1. The largest absolute Gasteiger partial charge is 0.306 e.